The molecular weight excluding hydrogens is 390 g/mol. The van der Waals surface area contributed by atoms with E-state index in [1.807, 2.05) is 0 Å². The fourth-order valence-electron chi connectivity index (χ4n) is 1.91. The minimum Gasteiger partial charge on any atom is -0.407 e. The monoisotopic (exact) mass is 395 g/mol. The summed E-state index contributed by atoms with van der Waals surface area (Å²) in [6.07, 6.45) is 0. The lowest BCUT2D eigenvalue weighted by molar-refractivity contribution is 0.0956. The summed E-state index contributed by atoms with van der Waals surface area (Å²) in [6, 6.07) is 11.9. The highest BCUT2D eigenvalue weighted by Gasteiger charge is 2.17. The summed E-state index contributed by atoms with van der Waals surface area (Å²) in [5.41, 5.74) is 1.24. The van der Waals surface area contributed by atoms with Crippen molar-refractivity contribution >= 4 is 48.9 Å². The number of carbonyl (C=O) groups is 1. The van der Waals surface area contributed by atoms with Crippen LogP contribution in [-0.2, 0) is 0 Å². The molecule has 4 nitrogen and oxygen atoms in total. The normalized spacial score (nSPS) is 10.9. The molecule has 20 heavy (non-hydrogen) atoms. The van der Waals surface area contributed by atoms with E-state index in [1.54, 1.807) is 42.5 Å². The van der Waals surface area contributed by atoms with Gasteiger partial charge in [-0.1, -0.05) is 31.9 Å². The zero-order chi connectivity index (χ0) is 14.3. The average Bonchev–Trinajstić information content (AvgIpc) is 2.73. The van der Waals surface area contributed by atoms with Crippen LogP contribution in [-0.4, -0.2) is 10.5 Å². The second-order valence-corrected chi connectivity index (χ2v) is 5.96. The van der Waals surface area contributed by atoms with Gasteiger partial charge in [0.2, 0.25) is 0 Å². The maximum Gasteiger partial charge on any atom is 0.427 e. The molecule has 0 aliphatic carbocycles. The van der Waals surface area contributed by atoms with Crippen molar-refractivity contribution in [2.45, 2.75) is 0 Å². The Kier molecular flexibility index (Phi) is 3.35. The molecule has 0 amide bonds. The first kappa shape index (κ1) is 13.3. The molecule has 3 rings (SSSR count). The summed E-state index contributed by atoms with van der Waals surface area (Å²) < 4.78 is 7.77. The number of hydrogen-bond donors (Lipinski definition) is 0. The van der Waals surface area contributed by atoms with Gasteiger partial charge in [0.25, 0.3) is 5.91 Å². The van der Waals surface area contributed by atoms with Crippen molar-refractivity contribution in [2.75, 3.05) is 0 Å². The Morgan fingerprint density at radius 1 is 1.00 bits per heavy atom. The van der Waals surface area contributed by atoms with E-state index in [0.29, 0.717) is 16.7 Å². The van der Waals surface area contributed by atoms with E-state index in [9.17, 15) is 9.59 Å². The molecule has 1 heterocycles. The predicted molar refractivity (Wildman–Crippen MR) is 82.0 cm³/mol. The molecule has 0 spiro atoms. The number of aromatic nitrogens is 1. The lowest BCUT2D eigenvalue weighted by Gasteiger charge is -2.01. The smallest absolute Gasteiger partial charge is 0.407 e. The maximum atomic E-state index is 12.4. The molecule has 0 saturated carbocycles. The topological polar surface area (TPSA) is 52.2 Å². The second kappa shape index (κ2) is 5.03. The summed E-state index contributed by atoms with van der Waals surface area (Å²) in [4.78, 5) is 24.3. The standard InChI is InChI=1S/C14H7Br2NO3/c15-9-3-1-8(2-4-9)13(18)17-11-6-5-10(16)7-12(11)20-14(17)19/h1-7H. The van der Waals surface area contributed by atoms with Crippen molar-refractivity contribution in [3.05, 3.63) is 67.5 Å². The Morgan fingerprint density at radius 2 is 1.65 bits per heavy atom. The number of oxazole rings is 1. The van der Waals surface area contributed by atoms with E-state index in [1.165, 1.54) is 0 Å². The third-order valence-electron chi connectivity index (χ3n) is 2.84. The molecule has 100 valence electrons. The van der Waals surface area contributed by atoms with Crippen LogP contribution in [0.4, 0.5) is 0 Å². The summed E-state index contributed by atoms with van der Waals surface area (Å²) >= 11 is 6.60. The molecule has 0 aliphatic rings. The molecule has 0 aliphatic heterocycles. The molecule has 0 saturated heterocycles. The van der Waals surface area contributed by atoms with Gasteiger partial charge in [-0.05, 0) is 42.5 Å². The van der Waals surface area contributed by atoms with Crippen molar-refractivity contribution in [1.29, 1.82) is 0 Å². The number of benzene rings is 2. The van der Waals surface area contributed by atoms with Gasteiger partial charge < -0.3 is 4.42 Å². The minimum atomic E-state index is -0.689. The number of rotatable bonds is 1. The first-order valence-electron chi connectivity index (χ1n) is 5.67. The summed E-state index contributed by atoms with van der Waals surface area (Å²) in [7, 11) is 0. The van der Waals surface area contributed by atoms with Crippen LogP contribution in [0.2, 0.25) is 0 Å². The van der Waals surface area contributed by atoms with E-state index in [-0.39, 0.29) is 0 Å². The molecule has 0 atom stereocenters. The molecule has 0 N–H and O–H groups in total. The third kappa shape index (κ3) is 2.25. The number of halogens is 2. The van der Waals surface area contributed by atoms with Crippen LogP contribution < -0.4 is 5.76 Å². The lowest BCUT2D eigenvalue weighted by atomic mass is 10.2. The average molecular weight is 397 g/mol. The van der Waals surface area contributed by atoms with E-state index >= 15 is 0 Å². The summed E-state index contributed by atoms with van der Waals surface area (Å²) in [5, 5.41) is 0. The van der Waals surface area contributed by atoms with Gasteiger partial charge >= 0.3 is 5.76 Å². The van der Waals surface area contributed by atoms with Crippen LogP contribution in [0.15, 0.2) is 60.6 Å². The van der Waals surface area contributed by atoms with Gasteiger partial charge in [-0.3, -0.25) is 4.79 Å². The van der Waals surface area contributed by atoms with Gasteiger partial charge in [-0.15, -0.1) is 0 Å². The molecule has 1 aromatic heterocycles. The van der Waals surface area contributed by atoms with Crippen LogP contribution in [0.25, 0.3) is 11.1 Å². The van der Waals surface area contributed by atoms with Gasteiger partial charge in [0.15, 0.2) is 5.58 Å². The van der Waals surface area contributed by atoms with Crippen molar-refractivity contribution < 1.29 is 9.21 Å². The van der Waals surface area contributed by atoms with Crippen LogP contribution in [0.1, 0.15) is 10.4 Å². The number of carbonyl (C=O) groups excluding carboxylic acids is 1. The Morgan fingerprint density at radius 3 is 2.35 bits per heavy atom. The van der Waals surface area contributed by atoms with Crippen molar-refractivity contribution in [3.8, 4) is 0 Å². The van der Waals surface area contributed by atoms with Gasteiger partial charge in [-0.25, -0.2) is 9.36 Å². The fraction of sp³-hybridized carbons (Fsp3) is 0. The van der Waals surface area contributed by atoms with Gasteiger partial charge in [-0.2, -0.15) is 0 Å². The quantitative estimate of drug-likeness (QED) is 0.628. The van der Waals surface area contributed by atoms with Gasteiger partial charge in [0.05, 0.1) is 5.52 Å². The van der Waals surface area contributed by atoms with Crippen molar-refractivity contribution in [3.63, 3.8) is 0 Å². The van der Waals surface area contributed by atoms with Crippen LogP contribution in [0.3, 0.4) is 0 Å². The van der Waals surface area contributed by atoms with Crippen LogP contribution in [0.5, 0.6) is 0 Å². The van der Waals surface area contributed by atoms with Crippen molar-refractivity contribution in [2.24, 2.45) is 0 Å². The highest BCUT2D eigenvalue weighted by atomic mass is 79.9. The first-order chi connectivity index (χ1) is 9.56. The SMILES string of the molecule is O=C(c1ccc(Br)cc1)n1c(=O)oc2cc(Br)ccc21. The summed E-state index contributed by atoms with van der Waals surface area (Å²) in [5.74, 6) is -1.10. The molecule has 0 radical (unpaired) electrons. The number of fused-ring (bicyclic) bond motifs is 1. The van der Waals surface area contributed by atoms with Gasteiger partial charge in [0.1, 0.15) is 0 Å². The highest BCUT2D eigenvalue weighted by Crippen LogP contribution is 2.20. The second-order valence-electron chi connectivity index (χ2n) is 4.13. The predicted octanol–water partition coefficient (Wildman–Crippen LogP) is 3.81. The minimum absolute atomic E-state index is 0.370. The third-order valence-corrected chi connectivity index (χ3v) is 3.86. The highest BCUT2D eigenvalue weighted by molar-refractivity contribution is 9.10. The molecule has 0 unspecified atom stereocenters. The van der Waals surface area contributed by atoms with Crippen molar-refractivity contribution in [1.82, 2.24) is 4.57 Å². The van der Waals surface area contributed by atoms with Crippen LogP contribution in [0, 0.1) is 0 Å². The molecule has 0 bridgehead atoms. The van der Waals surface area contributed by atoms with E-state index in [2.05, 4.69) is 31.9 Å². The Balaban J connectivity index is 2.19. The molecule has 2 aromatic carbocycles. The largest absolute Gasteiger partial charge is 0.427 e. The first-order valence-corrected chi connectivity index (χ1v) is 7.26. The number of hydrogen-bond acceptors (Lipinski definition) is 3. The lowest BCUT2D eigenvalue weighted by Crippen LogP contribution is -2.23. The zero-order valence-corrected chi connectivity index (χ0v) is 13.1. The van der Waals surface area contributed by atoms with E-state index < -0.39 is 11.7 Å². The Bertz CT molecular complexity index is 862. The van der Waals surface area contributed by atoms with E-state index in [4.69, 9.17) is 4.42 Å². The Hall–Kier alpha value is -1.66. The van der Waals surface area contributed by atoms with Gasteiger partial charge in [0, 0.05) is 14.5 Å². The molecular formula is C14H7Br2NO3. The zero-order valence-electron chi connectivity index (χ0n) is 9.97. The number of nitrogens with zero attached hydrogens (tertiary/aromatic N) is 1. The Labute approximate surface area is 130 Å². The summed E-state index contributed by atoms with van der Waals surface area (Å²) in [6.45, 7) is 0. The van der Waals surface area contributed by atoms with Crippen LogP contribution >= 0.6 is 31.9 Å². The molecule has 0 fully saturated rings. The molecule has 3 aromatic rings. The van der Waals surface area contributed by atoms with E-state index in [0.717, 1.165) is 13.5 Å². The fourth-order valence-corrected chi connectivity index (χ4v) is 2.51. The molecule has 6 heteroatoms. The maximum absolute atomic E-state index is 12.4.